The molecule has 2 amide bonds. The Labute approximate surface area is 119 Å². The predicted octanol–water partition coefficient (Wildman–Crippen LogP) is 0.458. The van der Waals surface area contributed by atoms with E-state index in [2.05, 4.69) is 5.32 Å². The number of carboxylic acids is 1. The van der Waals surface area contributed by atoms with Gasteiger partial charge in [0.15, 0.2) is 0 Å². The topological polar surface area (TPSA) is 104 Å². The molecule has 0 aliphatic carbocycles. The molecule has 8 heteroatoms. The second-order valence-electron chi connectivity index (χ2n) is 5.31. The van der Waals surface area contributed by atoms with Crippen LogP contribution in [0.25, 0.3) is 0 Å². The number of carbonyl (C=O) groups is 2. The molecule has 1 saturated heterocycles. The van der Waals surface area contributed by atoms with Crippen LogP contribution < -0.4 is 5.32 Å². The lowest BCUT2D eigenvalue weighted by Gasteiger charge is -2.30. The summed E-state index contributed by atoms with van der Waals surface area (Å²) in [7, 11) is -2.95. The lowest BCUT2D eigenvalue weighted by Crippen LogP contribution is -2.50. The lowest BCUT2D eigenvalue weighted by atomic mass is 10.1. The largest absolute Gasteiger partial charge is 0.481 e. The van der Waals surface area contributed by atoms with Crippen LogP contribution in [0, 0.1) is 0 Å². The van der Waals surface area contributed by atoms with Gasteiger partial charge in [-0.25, -0.2) is 13.2 Å². The number of nitrogens with zero attached hydrogens (tertiary/aromatic N) is 1. The highest BCUT2D eigenvalue weighted by molar-refractivity contribution is 7.91. The zero-order chi connectivity index (χ0) is 15.3. The zero-order valence-electron chi connectivity index (χ0n) is 11.8. The molecule has 1 aliphatic rings. The highest BCUT2D eigenvalue weighted by Crippen LogP contribution is 2.13. The van der Waals surface area contributed by atoms with Crippen LogP contribution in [0.15, 0.2) is 0 Å². The van der Waals surface area contributed by atoms with Crippen molar-refractivity contribution in [3.05, 3.63) is 0 Å². The Morgan fingerprint density at radius 1 is 1.30 bits per heavy atom. The molecule has 0 bridgehead atoms. The maximum atomic E-state index is 12.1. The van der Waals surface area contributed by atoms with Crippen molar-refractivity contribution >= 4 is 21.8 Å². The summed E-state index contributed by atoms with van der Waals surface area (Å²) in [6.07, 6.45) is 0.725. The molecule has 7 nitrogen and oxygen atoms in total. The lowest BCUT2D eigenvalue weighted by molar-refractivity contribution is -0.137. The summed E-state index contributed by atoms with van der Waals surface area (Å²) >= 11 is 0. The fourth-order valence-corrected chi connectivity index (χ4v) is 3.59. The second kappa shape index (κ2) is 6.92. The molecule has 0 unspecified atom stereocenters. The Morgan fingerprint density at radius 3 is 2.30 bits per heavy atom. The van der Waals surface area contributed by atoms with Gasteiger partial charge in [0.1, 0.15) is 9.84 Å². The maximum Gasteiger partial charge on any atom is 0.317 e. The van der Waals surface area contributed by atoms with Gasteiger partial charge in [0.25, 0.3) is 0 Å². The van der Waals surface area contributed by atoms with E-state index in [4.69, 9.17) is 5.11 Å². The van der Waals surface area contributed by atoms with Gasteiger partial charge in [0.2, 0.25) is 0 Å². The van der Waals surface area contributed by atoms with E-state index >= 15 is 0 Å². The van der Waals surface area contributed by atoms with Crippen molar-refractivity contribution < 1.29 is 23.1 Å². The molecule has 0 aromatic rings. The van der Waals surface area contributed by atoms with E-state index < -0.39 is 15.8 Å². The Bertz CT molecular complexity index is 446. The van der Waals surface area contributed by atoms with Crippen molar-refractivity contribution in [1.29, 1.82) is 0 Å². The third-order valence-corrected chi connectivity index (χ3v) is 5.05. The minimum atomic E-state index is -2.95. The van der Waals surface area contributed by atoms with E-state index in [1.54, 1.807) is 0 Å². The van der Waals surface area contributed by atoms with Crippen LogP contribution >= 0.6 is 0 Å². The normalized spacial score (nSPS) is 18.8. The highest BCUT2D eigenvalue weighted by atomic mass is 32.2. The molecular formula is C12H22N2O5S. The smallest absolute Gasteiger partial charge is 0.317 e. The minimum absolute atomic E-state index is 0.0920. The number of nitrogens with one attached hydrogen (secondary N) is 1. The van der Waals surface area contributed by atoms with E-state index in [1.807, 2.05) is 13.8 Å². The van der Waals surface area contributed by atoms with Crippen molar-refractivity contribution in [3.8, 4) is 0 Å². The average Bonchev–Trinajstić information content (AvgIpc) is 2.31. The summed E-state index contributed by atoms with van der Waals surface area (Å²) in [5.74, 6) is -0.768. The minimum Gasteiger partial charge on any atom is -0.481 e. The number of hydrogen-bond acceptors (Lipinski definition) is 4. The monoisotopic (exact) mass is 306 g/mol. The molecule has 1 rings (SSSR count). The summed E-state index contributed by atoms with van der Waals surface area (Å²) < 4.78 is 22.6. The first-order chi connectivity index (χ1) is 9.21. The Hall–Kier alpha value is -1.31. The van der Waals surface area contributed by atoms with E-state index in [0.29, 0.717) is 12.8 Å². The van der Waals surface area contributed by atoms with E-state index in [1.165, 1.54) is 4.90 Å². The molecule has 116 valence electrons. The molecule has 0 radical (unpaired) electrons. The summed E-state index contributed by atoms with van der Waals surface area (Å²) in [5, 5.41) is 11.5. The van der Waals surface area contributed by atoms with Gasteiger partial charge in [-0.2, -0.15) is 0 Å². The third kappa shape index (κ3) is 5.36. The number of hydrogen-bond donors (Lipinski definition) is 2. The van der Waals surface area contributed by atoms with Crippen molar-refractivity contribution in [2.75, 3.05) is 18.1 Å². The van der Waals surface area contributed by atoms with E-state index in [-0.39, 0.29) is 42.6 Å². The molecule has 1 aliphatic heterocycles. The van der Waals surface area contributed by atoms with Gasteiger partial charge in [-0.15, -0.1) is 0 Å². The van der Waals surface area contributed by atoms with E-state index in [9.17, 15) is 18.0 Å². The number of amides is 2. The van der Waals surface area contributed by atoms with Crippen LogP contribution in [0.1, 0.15) is 33.1 Å². The number of carboxylic acid groups (broad SMARTS) is 1. The van der Waals surface area contributed by atoms with Crippen LogP contribution in [0.4, 0.5) is 4.79 Å². The Balaban J connectivity index is 2.52. The fraction of sp³-hybridized carbons (Fsp3) is 0.833. The molecule has 0 aromatic heterocycles. The molecule has 2 N–H and O–H groups in total. The molecule has 0 atom stereocenters. The molecular weight excluding hydrogens is 284 g/mol. The SMILES string of the molecule is CC(C)N(CCC(=O)O)C(=O)NC1CCS(=O)(=O)CC1. The maximum absolute atomic E-state index is 12.1. The predicted molar refractivity (Wildman–Crippen MR) is 74.3 cm³/mol. The molecule has 0 aromatic carbocycles. The van der Waals surface area contributed by atoms with Gasteiger partial charge in [-0.3, -0.25) is 4.79 Å². The van der Waals surface area contributed by atoms with Crippen molar-refractivity contribution in [2.24, 2.45) is 0 Å². The summed E-state index contributed by atoms with van der Waals surface area (Å²) in [5.41, 5.74) is 0. The average molecular weight is 306 g/mol. The quantitative estimate of drug-likeness (QED) is 0.768. The van der Waals surface area contributed by atoms with Gasteiger partial charge in [0, 0.05) is 18.6 Å². The van der Waals surface area contributed by atoms with Gasteiger partial charge in [-0.1, -0.05) is 0 Å². The number of urea groups is 1. The number of sulfone groups is 1. The van der Waals surface area contributed by atoms with Gasteiger partial charge in [0.05, 0.1) is 17.9 Å². The molecule has 1 heterocycles. The van der Waals surface area contributed by atoms with E-state index in [0.717, 1.165) is 0 Å². The van der Waals surface area contributed by atoms with Gasteiger partial charge >= 0.3 is 12.0 Å². The van der Waals surface area contributed by atoms with Crippen LogP contribution in [-0.4, -0.2) is 60.6 Å². The van der Waals surface area contributed by atoms with Crippen LogP contribution in [0.3, 0.4) is 0 Å². The molecule has 1 fully saturated rings. The molecule has 20 heavy (non-hydrogen) atoms. The second-order valence-corrected chi connectivity index (χ2v) is 7.61. The highest BCUT2D eigenvalue weighted by Gasteiger charge is 2.27. The van der Waals surface area contributed by atoms with Crippen LogP contribution in [0.2, 0.25) is 0 Å². The van der Waals surface area contributed by atoms with Crippen molar-refractivity contribution in [2.45, 2.75) is 45.2 Å². The molecule has 0 saturated carbocycles. The first-order valence-corrected chi connectivity index (χ1v) is 8.53. The Morgan fingerprint density at radius 2 is 1.85 bits per heavy atom. The number of carbonyl (C=O) groups excluding carboxylic acids is 1. The summed E-state index contributed by atoms with van der Waals surface area (Å²) in [4.78, 5) is 24.1. The third-order valence-electron chi connectivity index (χ3n) is 3.33. The standard InChI is InChI=1S/C12H22N2O5S/c1-9(2)14(6-3-11(15)16)12(17)13-10-4-7-20(18,19)8-5-10/h9-10H,3-8H2,1-2H3,(H,13,17)(H,15,16). The first kappa shape index (κ1) is 16.7. The first-order valence-electron chi connectivity index (χ1n) is 6.70. The fourth-order valence-electron chi connectivity index (χ4n) is 2.10. The Kier molecular flexibility index (Phi) is 5.79. The molecule has 0 spiro atoms. The van der Waals surface area contributed by atoms with Crippen LogP contribution in [0.5, 0.6) is 0 Å². The van der Waals surface area contributed by atoms with Crippen molar-refractivity contribution in [3.63, 3.8) is 0 Å². The number of rotatable bonds is 5. The van der Waals surface area contributed by atoms with Crippen molar-refractivity contribution in [1.82, 2.24) is 10.2 Å². The van der Waals surface area contributed by atoms with Gasteiger partial charge in [-0.05, 0) is 26.7 Å². The summed E-state index contributed by atoms with van der Waals surface area (Å²) in [6, 6.07) is -0.593. The summed E-state index contributed by atoms with van der Waals surface area (Å²) in [6.45, 7) is 3.77. The zero-order valence-corrected chi connectivity index (χ0v) is 12.6. The van der Waals surface area contributed by atoms with Gasteiger partial charge < -0.3 is 15.3 Å². The number of aliphatic carboxylic acids is 1. The van der Waals surface area contributed by atoms with Crippen LogP contribution in [-0.2, 0) is 14.6 Å².